The fourth-order valence-electron chi connectivity index (χ4n) is 5.58. The average Bonchev–Trinajstić information content (AvgIpc) is 3.52. The van der Waals surface area contributed by atoms with Crippen LogP contribution in [0.1, 0.15) is 32.2 Å². The van der Waals surface area contributed by atoms with E-state index in [1.54, 1.807) is 6.07 Å². The summed E-state index contributed by atoms with van der Waals surface area (Å²) in [5.74, 6) is 6.20. The number of likely N-dealkylation sites (N-methyl/N-ethyl adjacent to an activating group) is 1. The number of nitrogens with zero attached hydrogens (tertiary/aromatic N) is 4. The highest BCUT2D eigenvalue weighted by molar-refractivity contribution is 6.36. The summed E-state index contributed by atoms with van der Waals surface area (Å²) in [5.41, 5.74) is 7.87. The first kappa shape index (κ1) is 34.0. The van der Waals surface area contributed by atoms with Gasteiger partial charge in [-0.3, -0.25) is 9.63 Å². The summed E-state index contributed by atoms with van der Waals surface area (Å²) in [6, 6.07) is 30.4. The summed E-state index contributed by atoms with van der Waals surface area (Å²) in [6.07, 6.45) is 2.62. The van der Waals surface area contributed by atoms with Crippen LogP contribution < -0.4 is 16.1 Å². The molecule has 4 aromatic carbocycles. The number of carbonyl (C=O) groups is 1. The molecule has 47 heavy (non-hydrogen) atoms. The summed E-state index contributed by atoms with van der Waals surface area (Å²) in [5, 5.41) is 4.22. The summed E-state index contributed by atoms with van der Waals surface area (Å²) in [6.45, 7) is 9.03. The fourth-order valence-corrected chi connectivity index (χ4v) is 6.09. The lowest BCUT2D eigenvalue weighted by Gasteiger charge is -2.35. The molecular weight excluding hydrogens is 631 g/mol. The predicted octanol–water partition coefficient (Wildman–Crippen LogP) is 8.06. The number of carbonyl (C=O) groups excluding carboxylic acids is 1. The average molecular weight is 672 g/mol. The number of anilines is 2. The fraction of sp³-hybridized carbons (Fsp3) is 0.243. The van der Waals surface area contributed by atoms with Gasteiger partial charge in [-0.15, -0.1) is 0 Å². The van der Waals surface area contributed by atoms with Crippen LogP contribution in [-0.2, 0) is 16.1 Å². The van der Waals surface area contributed by atoms with Gasteiger partial charge in [0.25, 0.3) is 0 Å². The topological polar surface area (TPSA) is 88.7 Å². The number of benzene rings is 4. The number of hydrogen-bond donors (Lipinski definition) is 2. The normalized spacial score (nSPS) is 12.9. The van der Waals surface area contributed by atoms with Crippen molar-refractivity contribution in [1.82, 2.24) is 14.5 Å². The maximum absolute atomic E-state index is 12.4. The molecular formula is C37H40Cl2N6O2. The zero-order valence-electron chi connectivity index (χ0n) is 26.9. The van der Waals surface area contributed by atoms with E-state index in [1.807, 2.05) is 68.3 Å². The number of nitrogens with one attached hydrogen (secondary N) is 1. The first-order valence-corrected chi connectivity index (χ1v) is 16.6. The number of aromatic nitrogens is 2. The lowest BCUT2D eigenvalue weighted by atomic mass is 10.0. The maximum Gasteiger partial charge on any atom is 0.242 e. The van der Waals surface area contributed by atoms with E-state index in [4.69, 9.17) is 34.1 Å². The minimum atomic E-state index is 0.180. The van der Waals surface area contributed by atoms with Gasteiger partial charge in [0, 0.05) is 59.9 Å². The Bertz CT molecular complexity index is 1770. The summed E-state index contributed by atoms with van der Waals surface area (Å²) >= 11 is 12.7. The maximum atomic E-state index is 12.4. The molecule has 1 aromatic heterocycles. The van der Waals surface area contributed by atoms with Crippen molar-refractivity contribution in [2.75, 3.05) is 43.1 Å². The molecule has 0 spiro atoms. The standard InChI is InChI=1S/C35H34Cl2N6O2.C2H6/c1-2-41-17-18-42(22-35(41)44)29-12-7-26(8-13-29)25-5-3-24(4-6-25)19-34-40-33(31-16-9-27(36)20-32(31)37)21-43(34)30-14-10-28(11-15-30)39-23-45-38;1-2/h3-16,20-21,39H,2,17-19,22-23,38H2,1H3;1-2H3. The van der Waals surface area contributed by atoms with E-state index in [0.29, 0.717) is 23.0 Å². The van der Waals surface area contributed by atoms with Gasteiger partial charge in [0.2, 0.25) is 5.91 Å². The third-order valence-corrected chi connectivity index (χ3v) is 8.62. The van der Waals surface area contributed by atoms with E-state index in [0.717, 1.165) is 70.5 Å². The quantitative estimate of drug-likeness (QED) is 0.115. The first-order chi connectivity index (χ1) is 22.9. The first-order valence-electron chi connectivity index (χ1n) is 15.8. The van der Waals surface area contributed by atoms with Crippen LogP contribution in [0.3, 0.4) is 0 Å². The van der Waals surface area contributed by atoms with Crippen LogP contribution in [0.25, 0.3) is 28.1 Å². The third kappa shape index (κ3) is 8.15. The highest BCUT2D eigenvalue weighted by Gasteiger charge is 2.22. The number of rotatable bonds is 10. The van der Waals surface area contributed by atoms with Crippen molar-refractivity contribution in [2.24, 2.45) is 5.90 Å². The molecule has 0 unspecified atom stereocenters. The highest BCUT2D eigenvalue weighted by atomic mass is 35.5. The molecule has 8 nitrogen and oxygen atoms in total. The minimum Gasteiger partial charge on any atom is -0.361 e. The van der Waals surface area contributed by atoms with Gasteiger partial charge in [-0.25, -0.2) is 10.9 Å². The highest BCUT2D eigenvalue weighted by Crippen LogP contribution is 2.32. The monoisotopic (exact) mass is 670 g/mol. The molecule has 5 aromatic rings. The molecule has 244 valence electrons. The van der Waals surface area contributed by atoms with E-state index in [-0.39, 0.29) is 12.6 Å². The van der Waals surface area contributed by atoms with Crippen molar-refractivity contribution < 1.29 is 9.63 Å². The van der Waals surface area contributed by atoms with Gasteiger partial charge in [-0.2, -0.15) is 0 Å². The van der Waals surface area contributed by atoms with Crippen molar-refractivity contribution in [3.05, 3.63) is 119 Å². The largest absolute Gasteiger partial charge is 0.361 e. The van der Waals surface area contributed by atoms with Crippen molar-refractivity contribution in [2.45, 2.75) is 27.2 Å². The Balaban J connectivity index is 0.00000213. The Hall–Kier alpha value is -4.34. The lowest BCUT2D eigenvalue weighted by Crippen LogP contribution is -2.50. The second-order valence-corrected chi connectivity index (χ2v) is 11.7. The van der Waals surface area contributed by atoms with Crippen LogP contribution in [0.2, 0.25) is 10.0 Å². The second-order valence-electron chi connectivity index (χ2n) is 10.9. The minimum absolute atomic E-state index is 0.180. The zero-order valence-corrected chi connectivity index (χ0v) is 28.4. The van der Waals surface area contributed by atoms with Crippen molar-refractivity contribution in [1.29, 1.82) is 0 Å². The molecule has 0 saturated carbocycles. The van der Waals surface area contributed by atoms with Gasteiger partial charge in [0.15, 0.2) is 0 Å². The number of amides is 1. The molecule has 1 saturated heterocycles. The Morgan fingerprint density at radius 3 is 2.15 bits per heavy atom. The van der Waals surface area contributed by atoms with E-state index in [9.17, 15) is 4.79 Å². The number of piperazine rings is 1. The molecule has 1 aliphatic rings. The number of halogens is 2. The molecule has 0 radical (unpaired) electrons. The van der Waals surface area contributed by atoms with Crippen molar-refractivity contribution >= 4 is 40.5 Å². The molecule has 6 rings (SSSR count). The number of hydrogen-bond acceptors (Lipinski definition) is 6. The Labute approximate surface area is 286 Å². The summed E-state index contributed by atoms with van der Waals surface area (Å²) in [7, 11) is 0. The Kier molecular flexibility index (Phi) is 11.6. The van der Waals surface area contributed by atoms with Crippen molar-refractivity contribution in [3.63, 3.8) is 0 Å². The molecule has 1 aliphatic heterocycles. The van der Waals surface area contributed by atoms with Gasteiger partial charge in [0.05, 0.1) is 17.3 Å². The van der Waals surface area contributed by atoms with Crippen LogP contribution in [0.5, 0.6) is 0 Å². The van der Waals surface area contributed by atoms with Gasteiger partial charge < -0.3 is 19.7 Å². The number of imidazole rings is 1. The smallest absolute Gasteiger partial charge is 0.242 e. The Morgan fingerprint density at radius 2 is 1.53 bits per heavy atom. The van der Waals surface area contributed by atoms with Crippen LogP contribution in [0, 0.1) is 0 Å². The van der Waals surface area contributed by atoms with Gasteiger partial charge in [-0.1, -0.05) is 73.4 Å². The van der Waals surface area contributed by atoms with E-state index < -0.39 is 0 Å². The zero-order chi connectivity index (χ0) is 33.3. The van der Waals surface area contributed by atoms with Crippen LogP contribution in [0.15, 0.2) is 97.2 Å². The molecule has 0 atom stereocenters. The second kappa shape index (κ2) is 16.0. The Morgan fingerprint density at radius 1 is 0.872 bits per heavy atom. The summed E-state index contributed by atoms with van der Waals surface area (Å²) < 4.78 is 2.08. The van der Waals surface area contributed by atoms with Crippen molar-refractivity contribution in [3.8, 4) is 28.1 Å². The molecule has 1 amide bonds. The SMILES string of the molecule is CC.CCN1CCN(c2ccc(-c3ccc(Cc4nc(-c5ccc(Cl)cc5Cl)cn4-c4ccc(NCON)cc4)cc3)cc2)CC1=O. The molecule has 2 heterocycles. The van der Waals surface area contributed by atoms with Gasteiger partial charge in [0.1, 0.15) is 12.6 Å². The molecule has 3 N–H and O–H groups in total. The molecule has 0 bridgehead atoms. The third-order valence-electron chi connectivity index (χ3n) is 8.07. The van der Waals surface area contributed by atoms with E-state index >= 15 is 0 Å². The van der Waals surface area contributed by atoms with E-state index in [1.165, 1.54) is 0 Å². The molecule has 0 aliphatic carbocycles. The van der Waals surface area contributed by atoms with E-state index in [2.05, 4.69) is 68.2 Å². The van der Waals surface area contributed by atoms with Gasteiger partial charge in [-0.05, 0) is 78.2 Å². The summed E-state index contributed by atoms with van der Waals surface area (Å²) in [4.78, 5) is 26.1. The van der Waals surface area contributed by atoms with Crippen LogP contribution in [-0.4, -0.2) is 53.3 Å². The van der Waals surface area contributed by atoms with Crippen LogP contribution in [0.4, 0.5) is 11.4 Å². The number of nitrogens with two attached hydrogens (primary N) is 1. The molecule has 1 fully saturated rings. The molecule has 10 heteroatoms. The van der Waals surface area contributed by atoms with Gasteiger partial charge >= 0.3 is 0 Å². The van der Waals surface area contributed by atoms with Crippen LogP contribution >= 0.6 is 23.2 Å². The lowest BCUT2D eigenvalue weighted by molar-refractivity contribution is -0.130. The predicted molar refractivity (Wildman–Crippen MR) is 193 cm³/mol.